The van der Waals surface area contributed by atoms with Crippen molar-refractivity contribution in [2.75, 3.05) is 0 Å². The van der Waals surface area contributed by atoms with E-state index in [9.17, 15) is 13.9 Å². The van der Waals surface area contributed by atoms with Crippen molar-refractivity contribution in [3.8, 4) is 0 Å². The van der Waals surface area contributed by atoms with E-state index in [4.69, 9.17) is 0 Å². The summed E-state index contributed by atoms with van der Waals surface area (Å²) in [5.41, 5.74) is -0.0356. The van der Waals surface area contributed by atoms with Gasteiger partial charge in [0.25, 0.3) is 0 Å². The molecule has 0 aliphatic rings. The fraction of sp³-hybridized carbons (Fsp3) is 0.0667. The van der Waals surface area contributed by atoms with Gasteiger partial charge in [0, 0.05) is 15.1 Å². The number of benzene rings is 2. The molecule has 19 heavy (non-hydrogen) atoms. The van der Waals surface area contributed by atoms with Gasteiger partial charge >= 0.3 is 0 Å². The maximum absolute atomic E-state index is 13.6. The number of aliphatic hydroxyl groups excluding tert-OH is 1. The summed E-state index contributed by atoms with van der Waals surface area (Å²) < 4.78 is 27.8. The van der Waals surface area contributed by atoms with Crippen LogP contribution in [0.1, 0.15) is 16.5 Å². The van der Waals surface area contributed by atoms with E-state index in [0.717, 1.165) is 28.3 Å². The highest BCUT2D eigenvalue weighted by Crippen LogP contribution is 2.34. The smallest absolute Gasteiger partial charge is 0.129 e. The summed E-state index contributed by atoms with van der Waals surface area (Å²) in [5.74, 6) is -1.16. The van der Waals surface area contributed by atoms with Gasteiger partial charge in [-0.1, -0.05) is 18.2 Å². The summed E-state index contributed by atoms with van der Waals surface area (Å²) in [6.45, 7) is 0. The number of hydrogen-bond acceptors (Lipinski definition) is 2. The van der Waals surface area contributed by atoms with E-state index in [-0.39, 0.29) is 5.56 Å². The first-order valence-corrected chi connectivity index (χ1v) is 6.58. The van der Waals surface area contributed by atoms with Crippen molar-refractivity contribution in [3.63, 3.8) is 0 Å². The van der Waals surface area contributed by atoms with Crippen LogP contribution in [-0.4, -0.2) is 5.11 Å². The molecule has 0 saturated heterocycles. The average molecular weight is 276 g/mol. The summed E-state index contributed by atoms with van der Waals surface area (Å²) in [4.78, 5) is 0.603. The fourth-order valence-electron chi connectivity index (χ4n) is 2.01. The Balaban J connectivity index is 2.07. The summed E-state index contributed by atoms with van der Waals surface area (Å²) in [6.07, 6.45) is -1.15. The molecule has 4 heteroatoms. The molecule has 3 aromatic rings. The van der Waals surface area contributed by atoms with Crippen molar-refractivity contribution in [3.05, 3.63) is 70.6 Å². The van der Waals surface area contributed by atoms with Crippen molar-refractivity contribution in [1.29, 1.82) is 0 Å². The Bertz CT molecular complexity index is 703. The van der Waals surface area contributed by atoms with Gasteiger partial charge in [-0.05, 0) is 35.7 Å². The standard InChI is InChI=1S/C15H10F2OS/c16-10-5-6-12(17)11(8-10)15(18)14-7-9-3-1-2-4-13(9)19-14/h1-8,15,18H. The molecule has 0 bridgehead atoms. The normalized spacial score (nSPS) is 12.8. The third-order valence-electron chi connectivity index (χ3n) is 2.97. The minimum Gasteiger partial charge on any atom is -0.383 e. The molecule has 2 aromatic carbocycles. The first-order valence-electron chi connectivity index (χ1n) is 5.76. The van der Waals surface area contributed by atoms with Gasteiger partial charge in [-0.15, -0.1) is 11.3 Å². The zero-order valence-electron chi connectivity index (χ0n) is 9.81. The van der Waals surface area contributed by atoms with Gasteiger partial charge in [0.1, 0.15) is 17.7 Å². The highest BCUT2D eigenvalue weighted by atomic mass is 32.1. The first-order chi connectivity index (χ1) is 9.15. The van der Waals surface area contributed by atoms with Crippen molar-refractivity contribution >= 4 is 21.4 Å². The van der Waals surface area contributed by atoms with Gasteiger partial charge < -0.3 is 5.11 Å². The summed E-state index contributed by atoms with van der Waals surface area (Å²) >= 11 is 1.38. The molecule has 1 nitrogen and oxygen atoms in total. The van der Waals surface area contributed by atoms with Crippen LogP contribution in [-0.2, 0) is 0 Å². The number of hydrogen-bond donors (Lipinski definition) is 1. The van der Waals surface area contributed by atoms with Crippen LogP contribution >= 0.6 is 11.3 Å². The van der Waals surface area contributed by atoms with Gasteiger partial charge in [0.15, 0.2) is 0 Å². The second-order valence-electron chi connectivity index (χ2n) is 4.25. The zero-order chi connectivity index (χ0) is 13.4. The molecule has 0 radical (unpaired) electrons. The van der Waals surface area contributed by atoms with Crippen molar-refractivity contribution in [1.82, 2.24) is 0 Å². The topological polar surface area (TPSA) is 20.2 Å². The van der Waals surface area contributed by atoms with Crippen LogP contribution in [0, 0.1) is 11.6 Å². The minimum absolute atomic E-state index is 0.0356. The molecule has 1 aromatic heterocycles. The SMILES string of the molecule is OC(c1cc2ccccc2s1)c1cc(F)ccc1F. The maximum Gasteiger partial charge on any atom is 0.129 e. The highest BCUT2D eigenvalue weighted by molar-refractivity contribution is 7.19. The maximum atomic E-state index is 13.6. The van der Waals surface area contributed by atoms with E-state index in [1.807, 2.05) is 24.3 Å². The molecule has 0 fully saturated rings. The number of rotatable bonds is 2. The van der Waals surface area contributed by atoms with Crippen LogP contribution < -0.4 is 0 Å². The Morgan fingerprint density at radius 1 is 1.00 bits per heavy atom. The first kappa shape index (κ1) is 12.3. The van der Waals surface area contributed by atoms with Crippen LogP contribution in [0.5, 0.6) is 0 Å². The lowest BCUT2D eigenvalue weighted by Crippen LogP contribution is -2.01. The Morgan fingerprint density at radius 3 is 2.58 bits per heavy atom. The molecule has 96 valence electrons. The number of aliphatic hydroxyl groups is 1. The number of thiophene rings is 1. The van der Waals surface area contributed by atoms with Crippen LogP contribution in [0.15, 0.2) is 48.5 Å². The predicted octanol–water partition coefficient (Wildman–Crippen LogP) is 4.26. The molecule has 1 N–H and O–H groups in total. The van der Waals surface area contributed by atoms with E-state index >= 15 is 0 Å². The average Bonchev–Trinajstić information content (AvgIpc) is 2.84. The molecular weight excluding hydrogens is 266 g/mol. The Hall–Kier alpha value is -1.78. The monoisotopic (exact) mass is 276 g/mol. The van der Waals surface area contributed by atoms with E-state index < -0.39 is 17.7 Å². The van der Waals surface area contributed by atoms with E-state index in [2.05, 4.69) is 0 Å². The fourth-order valence-corrected chi connectivity index (χ4v) is 3.08. The Labute approximate surface area is 112 Å². The van der Waals surface area contributed by atoms with Gasteiger partial charge in [-0.25, -0.2) is 8.78 Å². The van der Waals surface area contributed by atoms with Crippen LogP contribution in [0.3, 0.4) is 0 Å². The summed E-state index contributed by atoms with van der Waals surface area (Å²) in [5, 5.41) is 11.2. The predicted molar refractivity (Wildman–Crippen MR) is 72.2 cm³/mol. The van der Waals surface area contributed by atoms with Crippen molar-refractivity contribution in [2.45, 2.75) is 6.10 Å². The van der Waals surface area contributed by atoms with Crippen LogP contribution in [0.25, 0.3) is 10.1 Å². The largest absolute Gasteiger partial charge is 0.383 e. The molecule has 0 aliphatic carbocycles. The number of fused-ring (bicyclic) bond motifs is 1. The summed E-state index contributed by atoms with van der Waals surface area (Å²) in [7, 11) is 0. The second kappa shape index (κ2) is 4.72. The Kier molecular flexibility index (Phi) is 3.05. The molecule has 0 spiro atoms. The van der Waals surface area contributed by atoms with Gasteiger partial charge in [0.05, 0.1) is 0 Å². The van der Waals surface area contributed by atoms with E-state index in [0.29, 0.717) is 4.88 Å². The van der Waals surface area contributed by atoms with Crippen molar-refractivity contribution in [2.24, 2.45) is 0 Å². The van der Waals surface area contributed by atoms with Crippen LogP contribution in [0.4, 0.5) is 8.78 Å². The molecule has 1 heterocycles. The van der Waals surface area contributed by atoms with E-state index in [1.165, 1.54) is 11.3 Å². The highest BCUT2D eigenvalue weighted by Gasteiger charge is 2.18. The number of halogens is 2. The van der Waals surface area contributed by atoms with Gasteiger partial charge in [0.2, 0.25) is 0 Å². The Morgan fingerprint density at radius 2 is 1.79 bits per heavy atom. The molecule has 1 unspecified atom stereocenters. The third kappa shape index (κ3) is 2.25. The summed E-state index contributed by atoms with van der Waals surface area (Å²) in [6, 6.07) is 12.5. The minimum atomic E-state index is -1.15. The van der Waals surface area contributed by atoms with Gasteiger partial charge in [-0.2, -0.15) is 0 Å². The van der Waals surface area contributed by atoms with Crippen LogP contribution in [0.2, 0.25) is 0 Å². The molecule has 3 rings (SSSR count). The molecular formula is C15H10F2OS. The molecule has 0 aliphatic heterocycles. The lowest BCUT2D eigenvalue weighted by Gasteiger charge is -2.09. The molecule has 0 amide bonds. The lowest BCUT2D eigenvalue weighted by atomic mass is 10.1. The second-order valence-corrected chi connectivity index (χ2v) is 5.37. The zero-order valence-corrected chi connectivity index (χ0v) is 10.6. The lowest BCUT2D eigenvalue weighted by molar-refractivity contribution is 0.218. The van der Waals surface area contributed by atoms with Crippen molar-refractivity contribution < 1.29 is 13.9 Å². The van der Waals surface area contributed by atoms with Gasteiger partial charge in [-0.3, -0.25) is 0 Å². The third-order valence-corrected chi connectivity index (χ3v) is 4.14. The molecule has 1 atom stereocenters. The molecule has 0 saturated carbocycles. The quantitative estimate of drug-likeness (QED) is 0.741. The van der Waals surface area contributed by atoms with E-state index in [1.54, 1.807) is 6.07 Å².